The van der Waals surface area contributed by atoms with E-state index in [1.165, 1.54) is 0 Å². The molecule has 0 aliphatic heterocycles. The van der Waals surface area contributed by atoms with Crippen LogP contribution in [0.1, 0.15) is 19.4 Å². The molecule has 0 aliphatic rings. The number of rotatable bonds is 5. The lowest BCUT2D eigenvalue weighted by Crippen LogP contribution is -1.95. The minimum atomic E-state index is -0.816. The van der Waals surface area contributed by atoms with E-state index in [2.05, 4.69) is 0 Å². The fourth-order valence-corrected chi connectivity index (χ4v) is 2.78. The largest absolute Gasteiger partial charge is 0.490 e. The average molecular weight is 338 g/mol. The molecule has 0 spiro atoms. The molecule has 0 atom stereocenters. The van der Waals surface area contributed by atoms with E-state index in [1.807, 2.05) is 38.1 Å². The summed E-state index contributed by atoms with van der Waals surface area (Å²) in [6, 6.07) is 14.2. The van der Waals surface area contributed by atoms with E-state index in [9.17, 15) is 8.78 Å². The SMILES string of the molecule is CC=CCOc1ccc(-c2cc3ccc(CC)cc3c(F)c2F)cc1. The normalized spacial score (nSPS) is 11.4. The zero-order valence-corrected chi connectivity index (χ0v) is 14.4. The van der Waals surface area contributed by atoms with Crippen molar-refractivity contribution in [2.24, 2.45) is 0 Å². The van der Waals surface area contributed by atoms with E-state index in [0.29, 0.717) is 28.7 Å². The molecule has 0 fully saturated rings. The van der Waals surface area contributed by atoms with Crippen LogP contribution in [0.25, 0.3) is 21.9 Å². The molecule has 25 heavy (non-hydrogen) atoms. The smallest absolute Gasteiger partial charge is 0.167 e. The maximum atomic E-state index is 14.6. The maximum absolute atomic E-state index is 14.6. The van der Waals surface area contributed by atoms with Gasteiger partial charge in [-0.15, -0.1) is 0 Å². The highest BCUT2D eigenvalue weighted by Crippen LogP contribution is 2.32. The van der Waals surface area contributed by atoms with Crippen molar-refractivity contribution in [2.75, 3.05) is 6.61 Å². The number of fused-ring (bicyclic) bond motifs is 1. The third kappa shape index (κ3) is 3.55. The van der Waals surface area contributed by atoms with E-state index in [1.54, 1.807) is 36.4 Å². The average Bonchev–Trinajstić information content (AvgIpc) is 2.65. The minimum absolute atomic E-state index is 0.259. The summed E-state index contributed by atoms with van der Waals surface area (Å²) in [4.78, 5) is 0. The van der Waals surface area contributed by atoms with Crippen molar-refractivity contribution < 1.29 is 13.5 Å². The van der Waals surface area contributed by atoms with Crippen molar-refractivity contribution in [1.29, 1.82) is 0 Å². The van der Waals surface area contributed by atoms with Crippen LogP contribution in [0.2, 0.25) is 0 Å². The highest BCUT2D eigenvalue weighted by Gasteiger charge is 2.15. The molecule has 1 nitrogen and oxygen atoms in total. The molecule has 0 amide bonds. The number of ether oxygens (including phenoxy) is 1. The van der Waals surface area contributed by atoms with Gasteiger partial charge in [-0.3, -0.25) is 0 Å². The van der Waals surface area contributed by atoms with Gasteiger partial charge < -0.3 is 4.74 Å². The monoisotopic (exact) mass is 338 g/mol. The van der Waals surface area contributed by atoms with Crippen molar-refractivity contribution in [2.45, 2.75) is 20.3 Å². The Labute approximate surface area is 146 Å². The van der Waals surface area contributed by atoms with Crippen LogP contribution in [0.5, 0.6) is 5.75 Å². The predicted octanol–water partition coefficient (Wildman–Crippen LogP) is 6.30. The molecule has 3 aromatic carbocycles. The predicted molar refractivity (Wildman–Crippen MR) is 99.0 cm³/mol. The van der Waals surface area contributed by atoms with Crippen LogP contribution in [0, 0.1) is 11.6 Å². The summed E-state index contributed by atoms with van der Waals surface area (Å²) < 4.78 is 34.7. The van der Waals surface area contributed by atoms with Gasteiger partial charge in [0.15, 0.2) is 11.6 Å². The zero-order valence-electron chi connectivity index (χ0n) is 14.4. The van der Waals surface area contributed by atoms with Crippen LogP contribution in [-0.4, -0.2) is 6.61 Å². The summed E-state index contributed by atoms with van der Waals surface area (Å²) in [5.74, 6) is -0.921. The summed E-state index contributed by atoms with van der Waals surface area (Å²) in [5.41, 5.74) is 1.87. The molecule has 3 rings (SSSR count). The number of aryl methyl sites for hydroxylation is 1. The lowest BCUT2D eigenvalue weighted by Gasteiger charge is -2.10. The summed E-state index contributed by atoms with van der Waals surface area (Å²) in [5, 5.41) is 1.02. The fraction of sp³-hybridized carbons (Fsp3) is 0.182. The number of allylic oxidation sites excluding steroid dienone is 1. The second-order valence-corrected chi connectivity index (χ2v) is 5.87. The molecule has 0 bridgehead atoms. The molecule has 3 heteroatoms. The van der Waals surface area contributed by atoms with E-state index < -0.39 is 11.6 Å². The van der Waals surface area contributed by atoms with Gasteiger partial charge in [-0.2, -0.15) is 0 Å². The van der Waals surface area contributed by atoms with Crippen LogP contribution in [0.4, 0.5) is 8.78 Å². The Balaban J connectivity index is 1.99. The van der Waals surface area contributed by atoms with Crippen molar-refractivity contribution in [1.82, 2.24) is 0 Å². The molecule has 0 radical (unpaired) electrons. The van der Waals surface area contributed by atoms with Crippen LogP contribution < -0.4 is 4.74 Å². The number of halogens is 2. The first-order chi connectivity index (χ1) is 12.1. The number of hydrogen-bond acceptors (Lipinski definition) is 1. The third-order valence-corrected chi connectivity index (χ3v) is 4.24. The van der Waals surface area contributed by atoms with Crippen molar-refractivity contribution in [3.63, 3.8) is 0 Å². The lowest BCUT2D eigenvalue weighted by molar-refractivity contribution is 0.363. The molecule has 0 aliphatic carbocycles. The molecule has 0 heterocycles. The Morgan fingerprint density at radius 3 is 2.40 bits per heavy atom. The van der Waals surface area contributed by atoms with E-state index in [0.717, 1.165) is 12.0 Å². The molecule has 0 aromatic heterocycles. The van der Waals surface area contributed by atoms with Gasteiger partial charge >= 0.3 is 0 Å². The first-order valence-corrected chi connectivity index (χ1v) is 8.39. The molecule has 0 saturated carbocycles. The highest BCUT2D eigenvalue weighted by molar-refractivity contribution is 5.89. The highest BCUT2D eigenvalue weighted by atomic mass is 19.2. The summed E-state index contributed by atoms with van der Waals surface area (Å²) in [7, 11) is 0. The Hall–Kier alpha value is -2.68. The van der Waals surface area contributed by atoms with Gasteiger partial charge in [0.05, 0.1) is 0 Å². The van der Waals surface area contributed by atoms with Gasteiger partial charge in [-0.05, 0) is 54.1 Å². The van der Waals surface area contributed by atoms with Crippen molar-refractivity contribution in [3.8, 4) is 16.9 Å². The molecule has 3 aromatic rings. The van der Waals surface area contributed by atoms with Gasteiger partial charge in [0.1, 0.15) is 12.4 Å². The van der Waals surface area contributed by atoms with Gasteiger partial charge in [0.25, 0.3) is 0 Å². The molecule has 0 N–H and O–H groups in total. The summed E-state index contributed by atoms with van der Waals surface area (Å²) in [6.45, 7) is 4.39. The second-order valence-electron chi connectivity index (χ2n) is 5.87. The Morgan fingerprint density at radius 1 is 0.960 bits per heavy atom. The quantitative estimate of drug-likeness (QED) is 0.496. The van der Waals surface area contributed by atoms with E-state index in [4.69, 9.17) is 4.74 Å². The van der Waals surface area contributed by atoms with E-state index in [-0.39, 0.29) is 5.56 Å². The standard InChI is InChI=1S/C22H20F2O/c1-3-5-12-25-18-10-8-16(9-11-18)20-14-17-7-6-15(4-2)13-19(17)21(23)22(20)24/h3,5-11,13-14H,4,12H2,1-2H3. The van der Waals surface area contributed by atoms with Gasteiger partial charge in [0.2, 0.25) is 0 Å². The molecule has 0 saturated heterocycles. The van der Waals surface area contributed by atoms with Crippen molar-refractivity contribution >= 4 is 10.8 Å². The summed E-state index contributed by atoms with van der Waals surface area (Å²) >= 11 is 0. The molecular weight excluding hydrogens is 318 g/mol. The van der Waals surface area contributed by atoms with Crippen LogP contribution in [0.3, 0.4) is 0 Å². The van der Waals surface area contributed by atoms with Crippen molar-refractivity contribution in [3.05, 3.63) is 77.9 Å². The van der Waals surface area contributed by atoms with Crippen LogP contribution in [0.15, 0.2) is 60.7 Å². The minimum Gasteiger partial charge on any atom is -0.490 e. The molecule has 0 unspecified atom stereocenters. The Kier molecular flexibility index (Phi) is 5.13. The lowest BCUT2D eigenvalue weighted by atomic mass is 9.98. The fourth-order valence-electron chi connectivity index (χ4n) is 2.78. The Morgan fingerprint density at radius 2 is 1.72 bits per heavy atom. The molecular formula is C22H20F2O. The second kappa shape index (κ2) is 7.47. The van der Waals surface area contributed by atoms with E-state index >= 15 is 0 Å². The van der Waals surface area contributed by atoms with Gasteiger partial charge in [0, 0.05) is 10.9 Å². The van der Waals surface area contributed by atoms with Gasteiger partial charge in [-0.25, -0.2) is 8.78 Å². The van der Waals surface area contributed by atoms with Crippen LogP contribution in [-0.2, 0) is 6.42 Å². The maximum Gasteiger partial charge on any atom is 0.167 e. The third-order valence-electron chi connectivity index (χ3n) is 4.24. The Bertz CT molecular complexity index is 911. The zero-order chi connectivity index (χ0) is 17.8. The van der Waals surface area contributed by atoms with Crippen LogP contribution >= 0.6 is 0 Å². The number of hydrogen-bond donors (Lipinski definition) is 0. The first kappa shape index (κ1) is 17.2. The van der Waals surface area contributed by atoms with Gasteiger partial charge in [-0.1, -0.05) is 43.3 Å². The summed E-state index contributed by atoms with van der Waals surface area (Å²) in [6.07, 6.45) is 4.59. The number of benzene rings is 3. The first-order valence-electron chi connectivity index (χ1n) is 8.39. The molecule has 128 valence electrons. The topological polar surface area (TPSA) is 9.23 Å².